The Bertz CT molecular complexity index is 834. The zero-order chi connectivity index (χ0) is 19.7. The van der Waals surface area contributed by atoms with E-state index in [0.717, 1.165) is 17.9 Å². The molecule has 2 aliphatic rings. The zero-order valence-electron chi connectivity index (χ0n) is 16.3. The number of fused-ring (bicyclic) bond motifs is 1. The molecule has 0 N–H and O–H groups in total. The van der Waals surface area contributed by atoms with Crippen molar-refractivity contribution in [1.82, 2.24) is 19.6 Å². The van der Waals surface area contributed by atoms with Crippen LogP contribution in [0.1, 0.15) is 24.9 Å². The van der Waals surface area contributed by atoms with Crippen molar-refractivity contribution >= 4 is 11.8 Å². The Balaban J connectivity index is 1.47. The summed E-state index contributed by atoms with van der Waals surface area (Å²) in [5.41, 5.74) is 1.11. The van der Waals surface area contributed by atoms with Gasteiger partial charge in [-0.15, -0.1) is 0 Å². The number of aryl methyl sites for hydroxylation is 1. The van der Waals surface area contributed by atoms with Gasteiger partial charge in [0.15, 0.2) is 0 Å². The molecule has 1 aromatic heterocycles. The van der Waals surface area contributed by atoms with Crippen molar-refractivity contribution in [2.75, 3.05) is 26.7 Å². The maximum Gasteiger partial charge on any atom is 0.224 e. The SMILES string of the molecule is COc1ccc([C@H]2[C@@H]3CN(C(=O)CCn4cccn4)C[C@@H]3CN2C(C)=O)cc1. The molecule has 0 unspecified atom stereocenters. The lowest BCUT2D eigenvalue weighted by Crippen LogP contribution is -2.36. The second-order valence-corrected chi connectivity index (χ2v) is 7.63. The lowest BCUT2D eigenvalue weighted by molar-refractivity contribution is -0.132. The van der Waals surface area contributed by atoms with Crippen molar-refractivity contribution in [2.45, 2.75) is 25.9 Å². The fraction of sp³-hybridized carbons (Fsp3) is 0.476. The van der Waals surface area contributed by atoms with Crippen molar-refractivity contribution in [3.8, 4) is 5.75 Å². The number of likely N-dealkylation sites (tertiary alicyclic amines) is 2. The van der Waals surface area contributed by atoms with E-state index < -0.39 is 0 Å². The summed E-state index contributed by atoms with van der Waals surface area (Å²) in [6, 6.07) is 9.80. The van der Waals surface area contributed by atoms with E-state index in [9.17, 15) is 9.59 Å². The van der Waals surface area contributed by atoms with E-state index in [2.05, 4.69) is 5.10 Å². The van der Waals surface area contributed by atoms with Gasteiger partial charge in [0.1, 0.15) is 5.75 Å². The van der Waals surface area contributed by atoms with Crippen molar-refractivity contribution < 1.29 is 14.3 Å². The molecule has 1 aromatic carbocycles. The monoisotopic (exact) mass is 382 g/mol. The van der Waals surface area contributed by atoms with Gasteiger partial charge >= 0.3 is 0 Å². The van der Waals surface area contributed by atoms with E-state index in [1.165, 1.54) is 0 Å². The van der Waals surface area contributed by atoms with Crippen LogP contribution < -0.4 is 4.74 Å². The van der Waals surface area contributed by atoms with Crippen LogP contribution in [0.25, 0.3) is 0 Å². The van der Waals surface area contributed by atoms with Crippen molar-refractivity contribution in [3.63, 3.8) is 0 Å². The van der Waals surface area contributed by atoms with Crippen LogP contribution in [0, 0.1) is 11.8 Å². The molecule has 0 aliphatic carbocycles. The van der Waals surface area contributed by atoms with Gasteiger partial charge in [0.2, 0.25) is 11.8 Å². The summed E-state index contributed by atoms with van der Waals surface area (Å²) in [6.07, 6.45) is 4.04. The van der Waals surface area contributed by atoms with Crippen molar-refractivity contribution in [1.29, 1.82) is 0 Å². The predicted molar refractivity (Wildman–Crippen MR) is 104 cm³/mol. The average molecular weight is 382 g/mol. The minimum atomic E-state index is 0.0114. The van der Waals surface area contributed by atoms with Gasteiger partial charge in [0.25, 0.3) is 0 Å². The van der Waals surface area contributed by atoms with Crippen LogP contribution in [-0.4, -0.2) is 58.1 Å². The largest absolute Gasteiger partial charge is 0.497 e. The van der Waals surface area contributed by atoms with E-state index in [1.54, 1.807) is 24.9 Å². The standard InChI is InChI=1S/C21H26N4O3/c1-15(26)25-13-17-12-23(20(27)8-11-24-10-3-9-22-24)14-19(17)21(25)16-4-6-18(28-2)7-5-16/h3-7,9-10,17,19,21H,8,11-14H2,1-2H3/t17-,19-,21+/m1/s1. The Morgan fingerprint density at radius 3 is 2.61 bits per heavy atom. The minimum absolute atomic E-state index is 0.0114. The molecular formula is C21H26N4O3. The normalized spacial score (nSPS) is 23.7. The maximum atomic E-state index is 12.7. The highest BCUT2D eigenvalue weighted by molar-refractivity contribution is 5.77. The molecule has 0 radical (unpaired) electrons. The first kappa shape index (κ1) is 18.5. The predicted octanol–water partition coefficient (Wildman–Crippen LogP) is 1.96. The number of aromatic nitrogens is 2. The van der Waals surface area contributed by atoms with E-state index in [1.807, 2.05) is 46.3 Å². The van der Waals surface area contributed by atoms with Gasteiger partial charge in [-0.25, -0.2) is 0 Å². The van der Waals surface area contributed by atoms with Gasteiger partial charge < -0.3 is 14.5 Å². The van der Waals surface area contributed by atoms with Crippen molar-refractivity contribution in [2.24, 2.45) is 11.8 Å². The number of carbonyl (C=O) groups is 2. The number of ether oxygens (including phenoxy) is 1. The number of nitrogens with zero attached hydrogens (tertiary/aromatic N) is 4. The lowest BCUT2D eigenvalue weighted by atomic mass is 9.89. The average Bonchev–Trinajstić information content (AvgIpc) is 3.41. The Hall–Kier alpha value is -2.83. The first-order chi connectivity index (χ1) is 13.6. The van der Waals surface area contributed by atoms with Crippen molar-refractivity contribution in [3.05, 3.63) is 48.3 Å². The van der Waals surface area contributed by atoms with Gasteiger partial charge in [-0.1, -0.05) is 12.1 Å². The highest BCUT2D eigenvalue weighted by Crippen LogP contribution is 2.45. The van der Waals surface area contributed by atoms with Crippen LogP contribution in [0.4, 0.5) is 0 Å². The molecule has 28 heavy (non-hydrogen) atoms. The number of benzene rings is 1. The Morgan fingerprint density at radius 2 is 1.96 bits per heavy atom. The summed E-state index contributed by atoms with van der Waals surface area (Å²) in [7, 11) is 1.65. The summed E-state index contributed by atoms with van der Waals surface area (Å²) >= 11 is 0. The minimum Gasteiger partial charge on any atom is -0.497 e. The number of hydrogen-bond donors (Lipinski definition) is 0. The molecular weight excluding hydrogens is 356 g/mol. The second-order valence-electron chi connectivity index (χ2n) is 7.63. The third-order valence-electron chi connectivity index (χ3n) is 5.99. The van der Waals surface area contributed by atoms with E-state index >= 15 is 0 Å². The molecule has 3 heterocycles. The second kappa shape index (κ2) is 7.66. The molecule has 0 saturated carbocycles. The maximum absolute atomic E-state index is 12.7. The van der Waals surface area contributed by atoms with Crippen LogP contribution in [-0.2, 0) is 16.1 Å². The fourth-order valence-corrected chi connectivity index (χ4v) is 4.60. The number of methoxy groups -OCH3 is 1. The summed E-state index contributed by atoms with van der Waals surface area (Å²) in [5.74, 6) is 1.64. The van der Waals surface area contributed by atoms with E-state index in [-0.39, 0.29) is 23.8 Å². The molecule has 7 heteroatoms. The summed E-state index contributed by atoms with van der Waals surface area (Å²) in [5, 5.41) is 4.16. The topological polar surface area (TPSA) is 67.7 Å². The molecule has 0 bridgehead atoms. The van der Waals surface area contributed by atoms with Gasteiger partial charge in [0, 0.05) is 63.8 Å². The molecule has 4 rings (SSSR count). The van der Waals surface area contributed by atoms with E-state index in [4.69, 9.17) is 4.74 Å². The zero-order valence-corrected chi connectivity index (χ0v) is 16.3. The van der Waals surface area contributed by atoms with Crippen LogP contribution in [0.3, 0.4) is 0 Å². The summed E-state index contributed by atoms with van der Waals surface area (Å²) in [4.78, 5) is 28.9. The summed E-state index contributed by atoms with van der Waals surface area (Å²) < 4.78 is 7.04. The molecule has 2 fully saturated rings. The summed E-state index contributed by atoms with van der Waals surface area (Å²) in [6.45, 7) is 4.35. The molecule has 2 amide bonds. The molecule has 0 spiro atoms. The quantitative estimate of drug-likeness (QED) is 0.793. The molecule has 148 valence electrons. The van der Waals surface area contributed by atoms with Gasteiger partial charge in [-0.3, -0.25) is 14.3 Å². The van der Waals surface area contributed by atoms with Crippen LogP contribution >= 0.6 is 0 Å². The third kappa shape index (κ3) is 3.48. The molecule has 2 aromatic rings. The first-order valence-electron chi connectivity index (χ1n) is 9.73. The molecule has 3 atom stereocenters. The smallest absolute Gasteiger partial charge is 0.224 e. The fourth-order valence-electron chi connectivity index (χ4n) is 4.60. The number of rotatable bonds is 5. The number of hydrogen-bond acceptors (Lipinski definition) is 4. The number of carbonyl (C=O) groups excluding carboxylic acids is 2. The van der Waals surface area contributed by atoms with Crippen LogP contribution in [0.5, 0.6) is 5.75 Å². The molecule has 7 nitrogen and oxygen atoms in total. The Morgan fingerprint density at radius 1 is 1.18 bits per heavy atom. The molecule has 2 saturated heterocycles. The van der Waals surface area contributed by atoms with Crippen LogP contribution in [0.2, 0.25) is 0 Å². The first-order valence-corrected chi connectivity index (χ1v) is 9.73. The van der Waals surface area contributed by atoms with Gasteiger partial charge in [-0.05, 0) is 23.8 Å². The van der Waals surface area contributed by atoms with E-state index in [0.29, 0.717) is 32.0 Å². The lowest BCUT2D eigenvalue weighted by Gasteiger charge is -2.29. The molecule has 2 aliphatic heterocycles. The number of amides is 2. The van der Waals surface area contributed by atoms with Gasteiger partial charge in [-0.2, -0.15) is 5.10 Å². The third-order valence-corrected chi connectivity index (χ3v) is 5.99. The Kier molecular flexibility index (Phi) is 5.07. The highest BCUT2D eigenvalue weighted by atomic mass is 16.5. The highest BCUT2D eigenvalue weighted by Gasteiger charge is 2.49. The van der Waals surface area contributed by atoms with Gasteiger partial charge in [0.05, 0.1) is 13.2 Å². The Labute approximate surface area is 164 Å². The van der Waals surface area contributed by atoms with Crippen LogP contribution in [0.15, 0.2) is 42.7 Å².